The quantitative estimate of drug-likeness (QED) is 0.0721. The number of benzene rings is 3. The molecule has 15 aromatic rings. The summed E-state index contributed by atoms with van der Waals surface area (Å²) < 4.78 is 68.5. The molecule has 0 fully saturated rings. The Balaban J connectivity index is 0.000000136. The molecule has 0 amide bonds. The number of aromatic nitrogens is 21. The average molecular weight is 1380 g/mol. The minimum absolute atomic E-state index is 0.0825. The Bertz CT molecular complexity index is 5600. The van der Waals surface area contributed by atoms with Gasteiger partial charge in [-0.05, 0) is 25.1 Å². The molecule has 0 saturated heterocycles. The predicted octanol–water partition coefficient (Wildman–Crippen LogP) is 10.4. The van der Waals surface area contributed by atoms with E-state index in [0.717, 1.165) is 16.7 Å². The molecule has 0 spiro atoms. The SMILES string of the molecule is COc1cc(-c2cnn(C)c2C(=O)Cc2cc3nc(-c4ccccc4)nn3cc2F)nc(OC)n1.COc1cncc(-c2cnn(C)c2C(=O)Cc2cc3nc(-c4ccccc4)nn3cc2F)n1.Cc1ncc(Cl)c(-c2cnn(C)c2C(=O)Cc2cc3nc(-c4ccccc4)nn3cc2F)n1. The standard InChI is InChI=1S/C24H20FN7O3.C23H17ClFN7O.C23H18FN7O2/c1-31-22(16(12-26-31)18-11-21(34-2)29-24(27-18)35-3)19(33)9-15-10-20-28-23(14-7-5-4-6-8-14)30-32(20)13-17(15)25;1-13-26-11-17(24)21(28-13)16-10-27-31(2)22(16)19(33)8-15-9-20-29-23(14-6-4-3-5-7-14)30-32(20)12-18(15)25;1-30-22(16(10-26-30)18-11-25-12-21(27-18)33-2)19(32)8-15-9-20-28-23(14-6-4-3-5-7-14)29-31(20)13-17(15)24/h4-8,10-13H,9H2,1-3H3;3-7,9-12H,8H2,1-2H3;3-7,9-13H,8H2,1-2H3. The van der Waals surface area contributed by atoms with E-state index in [-0.39, 0.29) is 76.6 Å². The predicted molar refractivity (Wildman–Crippen MR) is 361 cm³/mol. The lowest BCUT2D eigenvalue weighted by Gasteiger charge is -2.08. The molecule has 0 unspecified atom stereocenters. The summed E-state index contributed by atoms with van der Waals surface area (Å²) >= 11 is 6.27. The smallest absolute Gasteiger partial charge is 0.320 e. The third-order valence-corrected chi connectivity index (χ3v) is 16.1. The molecule has 0 atom stereocenters. The Hall–Kier alpha value is -13.1. The molecular weight excluding hydrogens is 1320 g/mol. The topological polar surface area (TPSA) is 300 Å². The summed E-state index contributed by atoms with van der Waals surface area (Å²) in [6, 6.07) is 34.4. The molecule has 101 heavy (non-hydrogen) atoms. The molecule has 27 nitrogen and oxygen atoms in total. The van der Waals surface area contributed by atoms with E-state index in [2.05, 4.69) is 75.4 Å². The summed E-state index contributed by atoms with van der Waals surface area (Å²) in [5.41, 5.74) is 7.85. The van der Waals surface area contributed by atoms with Gasteiger partial charge in [-0.15, -0.1) is 15.3 Å². The maximum absolute atomic E-state index is 14.9. The molecule has 12 heterocycles. The van der Waals surface area contributed by atoms with Crippen molar-refractivity contribution in [3.8, 4) is 85.7 Å². The number of halogens is 4. The Morgan fingerprint density at radius 3 is 1.27 bits per heavy atom. The van der Waals surface area contributed by atoms with E-state index in [1.54, 1.807) is 34.1 Å². The van der Waals surface area contributed by atoms with Gasteiger partial charge in [0.05, 0.1) is 104 Å². The third kappa shape index (κ3) is 14.1. The molecule has 3 aromatic carbocycles. The molecule has 504 valence electrons. The van der Waals surface area contributed by atoms with Gasteiger partial charge in [-0.3, -0.25) is 33.4 Å². The summed E-state index contributed by atoms with van der Waals surface area (Å²) in [7, 11) is 9.30. The van der Waals surface area contributed by atoms with Crippen LogP contribution in [-0.4, -0.2) is 142 Å². The van der Waals surface area contributed by atoms with E-state index >= 15 is 0 Å². The first-order chi connectivity index (χ1) is 48.9. The van der Waals surface area contributed by atoms with Crippen LogP contribution in [0, 0.1) is 24.4 Å². The molecule has 0 aliphatic heterocycles. The number of pyridine rings is 3. The number of Topliss-reactive ketones (excluding diaryl/α,β-unsaturated/α-hetero) is 3. The molecule has 0 N–H and O–H groups in total. The van der Waals surface area contributed by atoms with Crippen LogP contribution < -0.4 is 14.2 Å². The fourth-order valence-electron chi connectivity index (χ4n) is 10.9. The molecular formula is C70H55ClF3N21O6. The van der Waals surface area contributed by atoms with Gasteiger partial charge in [-0.1, -0.05) is 103 Å². The molecule has 0 aliphatic carbocycles. The van der Waals surface area contributed by atoms with Crippen molar-refractivity contribution >= 4 is 45.9 Å². The lowest BCUT2D eigenvalue weighted by Crippen LogP contribution is -2.13. The molecule has 0 radical (unpaired) electrons. The lowest BCUT2D eigenvalue weighted by molar-refractivity contribution is 0.0975. The number of hydrogen-bond acceptors (Lipinski definition) is 21. The van der Waals surface area contributed by atoms with Gasteiger partial charge < -0.3 is 14.2 Å². The van der Waals surface area contributed by atoms with E-state index in [9.17, 15) is 27.6 Å². The van der Waals surface area contributed by atoms with E-state index in [1.807, 2.05) is 91.0 Å². The fraction of sp³-hybridized carbons (Fsp3) is 0.143. The fourth-order valence-corrected chi connectivity index (χ4v) is 11.1. The van der Waals surface area contributed by atoms with Crippen molar-refractivity contribution in [1.82, 2.24) is 103 Å². The Kier molecular flexibility index (Phi) is 18.8. The first-order valence-corrected chi connectivity index (χ1v) is 31.1. The number of ether oxygens (including phenoxy) is 3. The molecule has 0 bridgehead atoms. The summed E-state index contributed by atoms with van der Waals surface area (Å²) in [5, 5.41) is 25.9. The highest BCUT2D eigenvalue weighted by atomic mass is 35.5. The molecule has 31 heteroatoms. The summed E-state index contributed by atoms with van der Waals surface area (Å²) in [6.07, 6.45) is 12.1. The number of fused-ring (bicyclic) bond motifs is 3. The second-order valence-electron chi connectivity index (χ2n) is 22.5. The number of hydrogen-bond donors (Lipinski definition) is 0. The highest BCUT2D eigenvalue weighted by Crippen LogP contribution is 2.32. The zero-order valence-corrected chi connectivity index (χ0v) is 55.4. The average Bonchev–Trinajstić information content (AvgIpc) is 1.70. The largest absolute Gasteiger partial charge is 0.481 e. The first kappa shape index (κ1) is 66.5. The Labute approximate surface area is 575 Å². The van der Waals surface area contributed by atoms with Crippen molar-refractivity contribution in [2.45, 2.75) is 26.2 Å². The maximum Gasteiger partial charge on any atom is 0.320 e. The molecule has 15 rings (SSSR count). The van der Waals surface area contributed by atoms with Gasteiger partial charge in [-0.2, -0.15) is 25.3 Å². The maximum atomic E-state index is 14.9. The summed E-state index contributed by atoms with van der Waals surface area (Å²) in [4.78, 5) is 78.5. The number of carbonyl (C=O) groups excluding carboxylic acids is 3. The van der Waals surface area contributed by atoms with E-state index in [1.165, 1.54) is 123 Å². The van der Waals surface area contributed by atoms with Crippen molar-refractivity contribution in [1.29, 1.82) is 0 Å². The zero-order valence-electron chi connectivity index (χ0n) is 54.6. The van der Waals surface area contributed by atoms with Crippen LogP contribution in [0.4, 0.5) is 13.2 Å². The minimum atomic E-state index is -0.565. The third-order valence-electron chi connectivity index (χ3n) is 15.8. The van der Waals surface area contributed by atoms with Crippen LogP contribution in [0.25, 0.3) is 84.9 Å². The van der Waals surface area contributed by atoms with Crippen LogP contribution in [0.5, 0.6) is 17.8 Å². The van der Waals surface area contributed by atoms with Gasteiger partial charge >= 0.3 is 6.01 Å². The van der Waals surface area contributed by atoms with Crippen LogP contribution in [0.2, 0.25) is 5.02 Å². The number of aryl methyl sites for hydroxylation is 4. The lowest BCUT2D eigenvalue weighted by atomic mass is 10.0. The van der Waals surface area contributed by atoms with Crippen molar-refractivity contribution < 1.29 is 41.8 Å². The highest BCUT2D eigenvalue weighted by molar-refractivity contribution is 6.33. The van der Waals surface area contributed by atoms with Gasteiger partial charge in [0, 0.05) is 91.6 Å². The number of rotatable bonds is 18. The second kappa shape index (κ2) is 28.5. The van der Waals surface area contributed by atoms with Crippen LogP contribution >= 0.6 is 11.6 Å². The molecule has 0 saturated carbocycles. The number of methoxy groups -OCH3 is 3. The van der Waals surface area contributed by atoms with Crippen molar-refractivity contribution in [3.63, 3.8) is 0 Å². The number of ketones is 3. The normalized spacial score (nSPS) is 11.2. The molecule has 0 aliphatic rings. The van der Waals surface area contributed by atoms with E-state index in [0.29, 0.717) is 90.6 Å². The van der Waals surface area contributed by atoms with E-state index in [4.69, 9.17) is 25.8 Å². The van der Waals surface area contributed by atoms with Crippen LogP contribution in [0.1, 0.15) is 54.0 Å². The van der Waals surface area contributed by atoms with Crippen molar-refractivity contribution in [2.24, 2.45) is 21.1 Å². The molecule has 12 aromatic heterocycles. The van der Waals surface area contributed by atoms with E-state index < -0.39 is 17.5 Å². The minimum Gasteiger partial charge on any atom is -0.481 e. The van der Waals surface area contributed by atoms with Crippen molar-refractivity contribution in [2.75, 3.05) is 21.3 Å². The highest BCUT2D eigenvalue weighted by Gasteiger charge is 2.27. The Morgan fingerprint density at radius 2 is 0.851 bits per heavy atom. The van der Waals surface area contributed by atoms with Crippen LogP contribution in [-0.2, 0) is 40.4 Å². The number of carbonyl (C=O) groups is 3. The van der Waals surface area contributed by atoms with Gasteiger partial charge in [0.1, 0.15) is 40.4 Å². The van der Waals surface area contributed by atoms with Gasteiger partial charge in [0.15, 0.2) is 51.8 Å². The summed E-state index contributed by atoms with van der Waals surface area (Å²) in [5.74, 6) is -0.159. The first-order valence-electron chi connectivity index (χ1n) is 30.7. The Morgan fingerprint density at radius 1 is 0.446 bits per heavy atom. The van der Waals surface area contributed by atoms with Gasteiger partial charge in [-0.25, -0.2) is 56.6 Å². The zero-order chi connectivity index (χ0) is 70.6. The van der Waals surface area contributed by atoms with Crippen LogP contribution in [0.3, 0.4) is 0 Å². The van der Waals surface area contributed by atoms with Crippen LogP contribution in [0.15, 0.2) is 171 Å². The number of nitrogens with zero attached hydrogens (tertiary/aromatic N) is 21. The monoisotopic (exact) mass is 1380 g/mol. The van der Waals surface area contributed by atoms with Gasteiger partial charge in [0.25, 0.3) is 0 Å². The summed E-state index contributed by atoms with van der Waals surface area (Å²) in [6.45, 7) is 1.73. The second-order valence-corrected chi connectivity index (χ2v) is 22.9. The van der Waals surface area contributed by atoms with Gasteiger partial charge in [0.2, 0.25) is 11.8 Å². The van der Waals surface area contributed by atoms with Crippen molar-refractivity contribution in [3.05, 3.63) is 233 Å².